The first kappa shape index (κ1) is 31.6. The van der Waals surface area contributed by atoms with E-state index in [-0.39, 0.29) is 13.0 Å². The molecular weight excluding hydrogens is 675 g/mol. The van der Waals surface area contributed by atoms with Crippen molar-refractivity contribution in [2.75, 3.05) is 34.9 Å². The summed E-state index contributed by atoms with van der Waals surface area (Å²) in [5.41, 5.74) is 0.753. The fourth-order valence-electron chi connectivity index (χ4n) is 5.38. The van der Waals surface area contributed by atoms with Crippen LogP contribution in [0.15, 0.2) is 94.8 Å². The Morgan fingerprint density at radius 1 is 1.05 bits per heavy atom. The van der Waals surface area contributed by atoms with E-state index in [2.05, 4.69) is 32.6 Å². The first-order valence-corrected chi connectivity index (χ1v) is 15.2. The van der Waals surface area contributed by atoms with Gasteiger partial charge in [-0.2, -0.15) is 4.98 Å². The largest absolute Gasteiger partial charge is 0.493 e. The summed E-state index contributed by atoms with van der Waals surface area (Å²) < 4.78 is 26.9. The quantitative estimate of drug-likeness (QED) is 0.103. The van der Waals surface area contributed by atoms with E-state index in [0.29, 0.717) is 20.9 Å². The zero-order valence-electron chi connectivity index (χ0n) is 25.0. The van der Waals surface area contributed by atoms with Crippen molar-refractivity contribution in [1.82, 2.24) is 14.5 Å². The number of nitrogens with zero attached hydrogens (tertiary/aromatic N) is 4. The van der Waals surface area contributed by atoms with Crippen LogP contribution in [0.5, 0.6) is 11.5 Å². The van der Waals surface area contributed by atoms with E-state index in [9.17, 15) is 9.90 Å². The molecule has 0 amide bonds. The number of aliphatic imine (C=N–C) groups is 1. The van der Waals surface area contributed by atoms with Gasteiger partial charge in [-0.1, -0.05) is 72.8 Å². The molecule has 3 atom stereocenters. The number of para-hydroxylation sites is 1. The Hall–Kier alpha value is -3.78. The van der Waals surface area contributed by atoms with Crippen molar-refractivity contribution in [3.8, 4) is 11.5 Å². The van der Waals surface area contributed by atoms with E-state index in [4.69, 9.17) is 18.9 Å². The van der Waals surface area contributed by atoms with Gasteiger partial charge in [0, 0.05) is 32.3 Å². The second-order valence-electron chi connectivity index (χ2n) is 10.5. The maximum Gasteiger partial charge on any atom is 0.351 e. The molecule has 44 heavy (non-hydrogen) atoms. The van der Waals surface area contributed by atoms with Gasteiger partial charge in [-0.3, -0.25) is 4.57 Å². The summed E-state index contributed by atoms with van der Waals surface area (Å²) >= 11 is 2.09. The van der Waals surface area contributed by atoms with Crippen molar-refractivity contribution in [1.29, 1.82) is 0 Å². The zero-order chi connectivity index (χ0) is 31.3. The molecule has 230 valence electrons. The number of aliphatic hydroxyl groups is 1. The Labute approximate surface area is 270 Å². The predicted molar refractivity (Wildman–Crippen MR) is 176 cm³/mol. The average molecular weight is 711 g/mol. The lowest BCUT2D eigenvalue weighted by Gasteiger charge is -2.38. The van der Waals surface area contributed by atoms with Crippen LogP contribution in [0.2, 0.25) is 0 Å². The van der Waals surface area contributed by atoms with Crippen LogP contribution in [0, 0.1) is 3.57 Å². The summed E-state index contributed by atoms with van der Waals surface area (Å²) in [5, 5.41) is 11.2. The molecule has 0 radical (unpaired) electrons. The van der Waals surface area contributed by atoms with Crippen molar-refractivity contribution in [2.45, 2.75) is 30.5 Å². The van der Waals surface area contributed by atoms with Crippen molar-refractivity contribution in [3.63, 3.8) is 0 Å². The van der Waals surface area contributed by atoms with Crippen LogP contribution in [0.4, 0.5) is 5.82 Å². The second-order valence-corrected chi connectivity index (χ2v) is 11.7. The van der Waals surface area contributed by atoms with E-state index in [1.165, 1.54) is 4.57 Å². The number of aromatic nitrogens is 2. The second kappa shape index (κ2) is 13.9. The molecule has 1 aliphatic rings. The number of hydrogen-bond donors (Lipinski definition) is 1. The third-order valence-corrected chi connectivity index (χ3v) is 8.18. The minimum atomic E-state index is -1.16. The van der Waals surface area contributed by atoms with Gasteiger partial charge >= 0.3 is 5.69 Å². The Bertz CT molecular complexity index is 1610. The maximum atomic E-state index is 13.0. The molecule has 1 saturated heterocycles. The number of hydrogen-bond acceptors (Lipinski definition) is 8. The number of rotatable bonds is 11. The van der Waals surface area contributed by atoms with Crippen LogP contribution in [-0.2, 0) is 15.1 Å². The SMILES string of the molecule is COc1cccc(C(OCC2OC(n3cc(I)c(N=CN(C)C)nc3=O)CC2O)(c2ccccc2)c2ccccc2)c1OC. The number of ether oxygens (including phenoxy) is 4. The Balaban J connectivity index is 1.52. The molecule has 5 rings (SSSR count). The van der Waals surface area contributed by atoms with E-state index in [1.807, 2.05) is 93.0 Å². The normalized spacial score (nSPS) is 18.5. The van der Waals surface area contributed by atoms with Gasteiger partial charge in [0.25, 0.3) is 0 Å². The summed E-state index contributed by atoms with van der Waals surface area (Å²) in [6, 6.07) is 25.4. The van der Waals surface area contributed by atoms with Gasteiger partial charge in [-0.05, 0) is 39.8 Å². The third-order valence-electron chi connectivity index (χ3n) is 7.42. The average Bonchev–Trinajstić information content (AvgIpc) is 3.42. The summed E-state index contributed by atoms with van der Waals surface area (Å²) in [6.07, 6.45) is 1.07. The van der Waals surface area contributed by atoms with Gasteiger partial charge in [-0.15, -0.1) is 0 Å². The number of benzene rings is 3. The van der Waals surface area contributed by atoms with Crippen molar-refractivity contribution < 1.29 is 24.1 Å². The van der Waals surface area contributed by atoms with Crippen LogP contribution >= 0.6 is 22.6 Å². The summed E-state index contributed by atoms with van der Waals surface area (Å²) in [5.74, 6) is 1.40. The zero-order valence-corrected chi connectivity index (χ0v) is 27.1. The number of halogens is 1. The van der Waals surface area contributed by atoms with Gasteiger partial charge in [0.1, 0.15) is 17.9 Å². The molecule has 1 N–H and O–H groups in total. The molecule has 0 bridgehead atoms. The molecule has 3 aromatic carbocycles. The molecule has 0 spiro atoms. The molecule has 10 nitrogen and oxygen atoms in total. The van der Waals surface area contributed by atoms with Crippen LogP contribution in [0.1, 0.15) is 29.3 Å². The van der Waals surface area contributed by atoms with Crippen LogP contribution in [-0.4, -0.2) is 73.0 Å². The summed E-state index contributed by atoms with van der Waals surface area (Å²) in [7, 11) is 6.86. The monoisotopic (exact) mass is 710 g/mol. The molecule has 3 unspecified atom stereocenters. The molecule has 0 aliphatic carbocycles. The highest BCUT2D eigenvalue weighted by Gasteiger charge is 2.44. The fourth-order valence-corrected chi connectivity index (χ4v) is 5.94. The minimum absolute atomic E-state index is 0.00625. The highest BCUT2D eigenvalue weighted by Crippen LogP contribution is 2.47. The lowest BCUT2D eigenvalue weighted by Crippen LogP contribution is -2.38. The predicted octanol–water partition coefficient (Wildman–Crippen LogP) is 4.74. The third kappa shape index (κ3) is 6.36. The molecule has 1 fully saturated rings. The molecule has 1 aromatic heterocycles. The van der Waals surface area contributed by atoms with Crippen LogP contribution < -0.4 is 15.2 Å². The topological polar surface area (TPSA) is 108 Å². The van der Waals surface area contributed by atoms with Crippen molar-refractivity contribution >= 4 is 34.7 Å². The van der Waals surface area contributed by atoms with Crippen LogP contribution in [0.25, 0.3) is 0 Å². The molecule has 11 heteroatoms. The maximum absolute atomic E-state index is 13.0. The van der Waals surface area contributed by atoms with Gasteiger partial charge in [0.2, 0.25) is 0 Å². The highest BCUT2D eigenvalue weighted by molar-refractivity contribution is 14.1. The van der Waals surface area contributed by atoms with Crippen molar-refractivity contribution in [2.24, 2.45) is 4.99 Å². The van der Waals surface area contributed by atoms with E-state index >= 15 is 0 Å². The smallest absolute Gasteiger partial charge is 0.351 e. The molecule has 4 aromatic rings. The van der Waals surface area contributed by atoms with Gasteiger partial charge in [0.05, 0.1) is 36.8 Å². The summed E-state index contributed by atoms with van der Waals surface area (Å²) in [6.45, 7) is 0.00625. The van der Waals surface area contributed by atoms with E-state index in [1.54, 1.807) is 31.7 Å². The van der Waals surface area contributed by atoms with Gasteiger partial charge in [0.15, 0.2) is 17.3 Å². The minimum Gasteiger partial charge on any atom is -0.493 e. The number of methoxy groups -OCH3 is 2. The van der Waals surface area contributed by atoms with Crippen LogP contribution in [0.3, 0.4) is 0 Å². The number of aliphatic hydroxyl groups excluding tert-OH is 1. The Morgan fingerprint density at radius 3 is 2.30 bits per heavy atom. The lowest BCUT2D eigenvalue weighted by atomic mass is 9.79. The molecule has 2 heterocycles. The Morgan fingerprint density at radius 2 is 1.70 bits per heavy atom. The lowest BCUT2D eigenvalue weighted by molar-refractivity contribution is -0.0948. The van der Waals surface area contributed by atoms with E-state index in [0.717, 1.165) is 16.7 Å². The first-order valence-electron chi connectivity index (χ1n) is 14.1. The Kier molecular flexibility index (Phi) is 9.99. The van der Waals surface area contributed by atoms with Crippen molar-refractivity contribution in [3.05, 3.63) is 116 Å². The van der Waals surface area contributed by atoms with Gasteiger partial charge < -0.3 is 29.0 Å². The molecular formula is C33H35IN4O6. The molecule has 0 saturated carbocycles. The molecule has 1 aliphatic heterocycles. The van der Waals surface area contributed by atoms with Gasteiger partial charge in [-0.25, -0.2) is 9.79 Å². The standard InChI is InChI=1S/C33H35IN4O6/c1-37(2)21-35-31-25(34)19-38(32(40)36-31)29-18-26(39)28(44-29)20-43-33(22-12-7-5-8-13-22,23-14-9-6-10-15-23)24-16-11-17-27(41-3)30(24)42-4/h5-17,19,21,26,28-29,39H,18,20H2,1-4H3. The fraction of sp³-hybridized carbons (Fsp3) is 0.303. The highest BCUT2D eigenvalue weighted by atomic mass is 127. The van der Waals surface area contributed by atoms with E-state index < -0.39 is 29.7 Å². The first-order chi connectivity index (χ1) is 21.3. The summed E-state index contributed by atoms with van der Waals surface area (Å²) in [4.78, 5) is 23.2.